The number of anilines is 1. The molecule has 88 valence electrons. The van der Waals surface area contributed by atoms with E-state index < -0.39 is 0 Å². The van der Waals surface area contributed by atoms with Gasteiger partial charge in [0.15, 0.2) is 5.75 Å². The fourth-order valence-corrected chi connectivity index (χ4v) is 1.84. The molecular formula is C13H11Cl2NO. The van der Waals surface area contributed by atoms with Crippen LogP contribution in [0.25, 0.3) is 0 Å². The van der Waals surface area contributed by atoms with Gasteiger partial charge in [0.1, 0.15) is 5.75 Å². The molecule has 0 unspecified atom stereocenters. The summed E-state index contributed by atoms with van der Waals surface area (Å²) >= 11 is 12.0. The molecule has 2 nitrogen and oxygen atoms in total. The monoisotopic (exact) mass is 267 g/mol. The van der Waals surface area contributed by atoms with Crippen LogP contribution < -0.4 is 10.5 Å². The van der Waals surface area contributed by atoms with Crippen molar-refractivity contribution in [1.29, 1.82) is 0 Å². The van der Waals surface area contributed by atoms with Crippen LogP contribution in [0.1, 0.15) is 5.56 Å². The molecule has 0 saturated heterocycles. The van der Waals surface area contributed by atoms with Gasteiger partial charge in [-0.1, -0.05) is 29.3 Å². The minimum absolute atomic E-state index is 0.503. The van der Waals surface area contributed by atoms with E-state index in [2.05, 4.69) is 0 Å². The first-order valence-corrected chi connectivity index (χ1v) is 5.81. The topological polar surface area (TPSA) is 35.2 Å². The van der Waals surface area contributed by atoms with Crippen LogP contribution in [0.2, 0.25) is 10.0 Å². The van der Waals surface area contributed by atoms with E-state index in [0.29, 0.717) is 27.2 Å². The number of halogens is 2. The van der Waals surface area contributed by atoms with E-state index >= 15 is 0 Å². The molecule has 0 aliphatic rings. The van der Waals surface area contributed by atoms with Crippen molar-refractivity contribution in [3.63, 3.8) is 0 Å². The van der Waals surface area contributed by atoms with Crippen molar-refractivity contribution in [3.8, 4) is 11.5 Å². The Hall–Kier alpha value is -1.38. The third-order valence-electron chi connectivity index (χ3n) is 2.28. The van der Waals surface area contributed by atoms with Crippen LogP contribution in [0.3, 0.4) is 0 Å². The zero-order valence-electron chi connectivity index (χ0n) is 9.21. The Bertz CT molecular complexity index is 555. The highest BCUT2D eigenvalue weighted by atomic mass is 35.5. The maximum Gasteiger partial charge on any atom is 0.151 e. The highest BCUT2D eigenvalue weighted by Crippen LogP contribution is 2.34. The van der Waals surface area contributed by atoms with Gasteiger partial charge < -0.3 is 10.5 Å². The second-order valence-corrected chi connectivity index (χ2v) is 4.56. The number of nitrogens with two attached hydrogens (primary N) is 1. The summed E-state index contributed by atoms with van der Waals surface area (Å²) in [6.45, 7) is 1.96. The van der Waals surface area contributed by atoms with Gasteiger partial charge >= 0.3 is 0 Å². The van der Waals surface area contributed by atoms with E-state index in [1.807, 2.05) is 19.1 Å². The molecule has 0 atom stereocenters. The third-order valence-corrected chi connectivity index (χ3v) is 2.81. The number of nitrogen functional groups attached to an aromatic ring is 1. The molecular weight excluding hydrogens is 257 g/mol. The minimum Gasteiger partial charge on any atom is -0.454 e. The summed E-state index contributed by atoms with van der Waals surface area (Å²) in [5.74, 6) is 1.06. The molecule has 4 heteroatoms. The van der Waals surface area contributed by atoms with Crippen molar-refractivity contribution in [2.24, 2.45) is 0 Å². The first kappa shape index (κ1) is 12.1. The van der Waals surface area contributed by atoms with E-state index in [0.717, 1.165) is 5.56 Å². The molecule has 0 aromatic heterocycles. The average molecular weight is 268 g/mol. The molecule has 2 N–H and O–H groups in total. The predicted molar refractivity (Wildman–Crippen MR) is 72.1 cm³/mol. The van der Waals surface area contributed by atoms with E-state index in [-0.39, 0.29) is 0 Å². The van der Waals surface area contributed by atoms with Crippen LogP contribution in [0.5, 0.6) is 11.5 Å². The lowest BCUT2D eigenvalue weighted by Crippen LogP contribution is -1.92. The molecule has 0 aliphatic heterocycles. The average Bonchev–Trinajstić information content (AvgIpc) is 2.27. The number of hydrogen-bond donors (Lipinski definition) is 1. The van der Waals surface area contributed by atoms with Gasteiger partial charge in [-0.25, -0.2) is 0 Å². The van der Waals surface area contributed by atoms with Crippen LogP contribution in [-0.2, 0) is 0 Å². The second kappa shape index (κ2) is 4.86. The lowest BCUT2D eigenvalue weighted by molar-refractivity contribution is 0.485. The van der Waals surface area contributed by atoms with Crippen molar-refractivity contribution in [3.05, 3.63) is 52.0 Å². The summed E-state index contributed by atoms with van der Waals surface area (Å²) in [5.41, 5.74) is 7.38. The fourth-order valence-electron chi connectivity index (χ4n) is 1.40. The summed E-state index contributed by atoms with van der Waals surface area (Å²) in [6.07, 6.45) is 0. The minimum atomic E-state index is 0.503. The number of ether oxygens (including phenoxy) is 1. The Kier molecular flexibility index (Phi) is 3.46. The summed E-state index contributed by atoms with van der Waals surface area (Å²) < 4.78 is 5.63. The first-order valence-electron chi connectivity index (χ1n) is 5.05. The van der Waals surface area contributed by atoms with E-state index in [1.54, 1.807) is 24.3 Å². The van der Waals surface area contributed by atoms with Gasteiger partial charge in [-0.2, -0.15) is 0 Å². The Morgan fingerprint density at radius 2 is 1.76 bits per heavy atom. The highest BCUT2D eigenvalue weighted by molar-refractivity contribution is 6.32. The Morgan fingerprint density at radius 3 is 2.47 bits per heavy atom. The van der Waals surface area contributed by atoms with E-state index in [1.165, 1.54) is 0 Å². The number of benzene rings is 2. The maximum absolute atomic E-state index is 6.07. The van der Waals surface area contributed by atoms with Crippen LogP contribution in [0, 0.1) is 6.92 Å². The number of rotatable bonds is 2. The Labute approximate surface area is 110 Å². The molecule has 0 saturated carbocycles. The van der Waals surface area contributed by atoms with Crippen LogP contribution in [-0.4, -0.2) is 0 Å². The molecule has 0 heterocycles. The molecule has 0 radical (unpaired) electrons. The second-order valence-electron chi connectivity index (χ2n) is 3.72. The summed E-state index contributed by atoms with van der Waals surface area (Å²) in [5, 5.41) is 1.11. The van der Waals surface area contributed by atoms with E-state index in [9.17, 15) is 0 Å². The van der Waals surface area contributed by atoms with Crippen LogP contribution >= 0.6 is 23.2 Å². The Morgan fingerprint density at radius 1 is 1.00 bits per heavy atom. The fraction of sp³-hybridized carbons (Fsp3) is 0.0769. The zero-order valence-corrected chi connectivity index (χ0v) is 10.7. The molecule has 0 spiro atoms. The molecule has 2 rings (SSSR count). The summed E-state index contributed by atoms with van der Waals surface area (Å²) in [6, 6.07) is 10.6. The standard InChI is InChI=1S/C13H11Cl2NO/c1-8-2-5-12(10(15)6-8)17-13-7-9(14)3-4-11(13)16/h2-7H,16H2,1H3. The van der Waals surface area contributed by atoms with Gasteiger partial charge in [0.05, 0.1) is 10.7 Å². The van der Waals surface area contributed by atoms with Gasteiger partial charge in [0.25, 0.3) is 0 Å². The molecule has 0 fully saturated rings. The molecule has 2 aromatic carbocycles. The molecule has 2 aromatic rings. The molecule has 0 aliphatic carbocycles. The highest BCUT2D eigenvalue weighted by Gasteiger charge is 2.06. The Balaban J connectivity index is 2.34. The van der Waals surface area contributed by atoms with Crippen molar-refractivity contribution < 1.29 is 4.74 Å². The van der Waals surface area contributed by atoms with Gasteiger partial charge in [-0.3, -0.25) is 0 Å². The van der Waals surface area contributed by atoms with Crippen LogP contribution in [0.4, 0.5) is 5.69 Å². The molecule has 0 amide bonds. The van der Waals surface area contributed by atoms with Gasteiger partial charge in [0.2, 0.25) is 0 Å². The molecule has 0 bridgehead atoms. The van der Waals surface area contributed by atoms with Crippen molar-refractivity contribution in [2.45, 2.75) is 6.92 Å². The largest absolute Gasteiger partial charge is 0.454 e. The number of hydrogen-bond acceptors (Lipinski definition) is 2. The van der Waals surface area contributed by atoms with Gasteiger partial charge in [-0.15, -0.1) is 0 Å². The van der Waals surface area contributed by atoms with Crippen LogP contribution in [0.15, 0.2) is 36.4 Å². The third kappa shape index (κ3) is 2.84. The SMILES string of the molecule is Cc1ccc(Oc2cc(Cl)ccc2N)c(Cl)c1. The van der Waals surface area contributed by atoms with Gasteiger partial charge in [-0.05, 0) is 36.8 Å². The lowest BCUT2D eigenvalue weighted by Gasteiger charge is -2.10. The maximum atomic E-state index is 6.07. The van der Waals surface area contributed by atoms with Crippen molar-refractivity contribution in [2.75, 3.05) is 5.73 Å². The first-order chi connectivity index (χ1) is 8.06. The van der Waals surface area contributed by atoms with Crippen molar-refractivity contribution in [1.82, 2.24) is 0 Å². The zero-order chi connectivity index (χ0) is 12.4. The van der Waals surface area contributed by atoms with Crippen molar-refractivity contribution >= 4 is 28.9 Å². The molecule has 17 heavy (non-hydrogen) atoms. The van der Waals surface area contributed by atoms with Gasteiger partial charge in [0, 0.05) is 11.1 Å². The summed E-state index contributed by atoms with van der Waals surface area (Å²) in [7, 11) is 0. The van der Waals surface area contributed by atoms with E-state index in [4.69, 9.17) is 33.7 Å². The smallest absolute Gasteiger partial charge is 0.151 e. The lowest BCUT2D eigenvalue weighted by atomic mass is 10.2. The predicted octanol–water partition coefficient (Wildman–Crippen LogP) is 4.68. The number of aryl methyl sites for hydroxylation is 1. The quantitative estimate of drug-likeness (QED) is 0.803. The normalized spacial score (nSPS) is 10.3. The summed E-state index contributed by atoms with van der Waals surface area (Å²) in [4.78, 5) is 0.